The Labute approximate surface area is 492 Å². The van der Waals surface area contributed by atoms with Crippen LogP contribution < -0.4 is 10.3 Å². The van der Waals surface area contributed by atoms with Crippen molar-refractivity contribution in [2.24, 2.45) is 0 Å². The number of carbonyl (C=O) groups excluding carboxylic acids is 2. The molecule has 10 rings (SSSR count). The summed E-state index contributed by atoms with van der Waals surface area (Å²) in [4.78, 5) is 52.8. The molecule has 0 bridgehead atoms. The minimum absolute atomic E-state index is 0.274. The molecule has 0 amide bonds. The van der Waals surface area contributed by atoms with E-state index in [-0.39, 0.29) is 23.1 Å². The van der Waals surface area contributed by atoms with Gasteiger partial charge in [0, 0.05) is 18.7 Å². The Morgan fingerprint density at radius 3 is 1.82 bits per heavy atom. The molecular formula is C59H60BBrCl2N4O9S3. The maximum atomic E-state index is 11.4. The van der Waals surface area contributed by atoms with Gasteiger partial charge in [-0.1, -0.05) is 71.2 Å². The fraction of sp³-hybridized carbons (Fsp3) is 0.288. The number of carbonyl (C=O) groups is 3. The second-order valence-electron chi connectivity index (χ2n) is 19.7. The number of fused-ring (bicyclic) bond motifs is 1. The number of likely N-dealkylation sites (N-methyl/N-ethyl adjacent to an activating group) is 1. The Kier molecular flexibility index (Phi) is 20.5. The van der Waals surface area contributed by atoms with Crippen molar-refractivity contribution in [3.05, 3.63) is 177 Å². The van der Waals surface area contributed by atoms with Gasteiger partial charge in [-0.2, -0.15) is 0 Å². The van der Waals surface area contributed by atoms with E-state index in [1.807, 2.05) is 103 Å². The molecule has 1 saturated heterocycles. The van der Waals surface area contributed by atoms with Crippen molar-refractivity contribution in [3.8, 4) is 38.1 Å². The van der Waals surface area contributed by atoms with Gasteiger partial charge < -0.3 is 33.5 Å². The number of aromatic carboxylic acids is 1. The standard InChI is InChI=1S/C29H28N2O3S.C12H10ClNO2S.C11H15BClNO2.C7H7BrO2S/c1-18-7-10-26(34-17-20-8-9-22-16-31(3)12-11-21(22)15-20)23(13-18)24-5-4-6-25(30-24)28-19(2)14-27(35-28)29(32)33;1-7-6-9(12(15)16-2)17-11(7)8-4-3-5-10(13)14-8;1-10(2)11(3,4)16-12(15-10)8-6-5-7-9(13)14-8;1-4-3-5(7(9)10-2)11-6(4)8/h4-10,13-15H,11-12,16-17H2,1-3H3,(H,32,33);3-6H,1-2H3;5-7H,1-4H3;3H,1-2H3. The normalized spacial score (nSPS) is 14.1. The van der Waals surface area contributed by atoms with Gasteiger partial charge in [-0.15, -0.1) is 34.0 Å². The van der Waals surface area contributed by atoms with Gasteiger partial charge in [0.1, 0.15) is 37.3 Å². The van der Waals surface area contributed by atoms with E-state index in [1.54, 1.807) is 30.3 Å². The van der Waals surface area contributed by atoms with Crippen LogP contribution in [0.3, 0.4) is 0 Å². The number of nitrogens with zero attached hydrogens (tertiary/aromatic N) is 4. The molecule has 2 aliphatic rings. The van der Waals surface area contributed by atoms with Gasteiger partial charge >= 0.3 is 25.0 Å². The maximum Gasteiger partial charge on any atom is 0.514 e. The average molecular weight is 1230 g/mol. The van der Waals surface area contributed by atoms with Crippen LogP contribution >= 0.6 is 73.1 Å². The highest BCUT2D eigenvalue weighted by atomic mass is 79.9. The van der Waals surface area contributed by atoms with E-state index in [0.717, 1.165) is 89.3 Å². The number of hydrogen-bond acceptors (Lipinski definition) is 15. The zero-order valence-corrected chi connectivity index (χ0v) is 51.2. The van der Waals surface area contributed by atoms with E-state index in [4.69, 9.17) is 42.2 Å². The van der Waals surface area contributed by atoms with Crippen LogP contribution in [0.2, 0.25) is 10.3 Å². The highest BCUT2D eigenvalue weighted by Gasteiger charge is 2.52. The molecule has 0 radical (unpaired) electrons. The van der Waals surface area contributed by atoms with Gasteiger partial charge in [0.2, 0.25) is 0 Å². The van der Waals surface area contributed by atoms with Crippen LogP contribution in [-0.4, -0.2) is 89.0 Å². The molecule has 0 unspecified atom stereocenters. The molecule has 8 heterocycles. The third kappa shape index (κ3) is 15.6. The first-order chi connectivity index (χ1) is 37.4. The van der Waals surface area contributed by atoms with E-state index in [1.165, 1.54) is 59.4 Å². The first-order valence-electron chi connectivity index (χ1n) is 24.9. The van der Waals surface area contributed by atoms with Gasteiger partial charge in [-0.05, 0) is 185 Å². The molecule has 13 nitrogen and oxygen atoms in total. The smallest absolute Gasteiger partial charge is 0.488 e. The molecule has 1 fully saturated rings. The lowest BCUT2D eigenvalue weighted by molar-refractivity contribution is 0.00578. The van der Waals surface area contributed by atoms with E-state index in [2.05, 4.69) is 78.5 Å². The largest absolute Gasteiger partial charge is 0.514 e. The summed E-state index contributed by atoms with van der Waals surface area (Å²) in [7, 11) is 4.47. The van der Waals surface area contributed by atoms with Gasteiger partial charge in [0.25, 0.3) is 0 Å². The first kappa shape index (κ1) is 60.8. The second-order valence-corrected chi connectivity index (χ2v) is 25.0. The predicted molar refractivity (Wildman–Crippen MR) is 322 cm³/mol. The molecule has 0 spiro atoms. The summed E-state index contributed by atoms with van der Waals surface area (Å²) in [5.74, 6) is -0.730. The summed E-state index contributed by atoms with van der Waals surface area (Å²) in [5.41, 5.74) is 11.4. The number of benzene rings is 2. The van der Waals surface area contributed by atoms with E-state index < -0.39 is 13.1 Å². The molecule has 1 N–H and O–H groups in total. The summed E-state index contributed by atoms with van der Waals surface area (Å²) in [5, 5.41) is 10.3. The number of ether oxygens (including phenoxy) is 3. The molecule has 0 saturated carbocycles. The summed E-state index contributed by atoms with van der Waals surface area (Å²) in [6.45, 7) is 18.5. The van der Waals surface area contributed by atoms with E-state index in [0.29, 0.717) is 37.1 Å². The number of esters is 2. The minimum Gasteiger partial charge on any atom is -0.488 e. The summed E-state index contributed by atoms with van der Waals surface area (Å²) < 4.78 is 28.3. The number of carboxylic acids is 1. The second kappa shape index (κ2) is 26.6. The van der Waals surface area contributed by atoms with Crippen LogP contribution in [0.4, 0.5) is 0 Å². The van der Waals surface area contributed by atoms with Crippen molar-refractivity contribution in [1.29, 1.82) is 0 Å². The fourth-order valence-electron chi connectivity index (χ4n) is 8.17. The SMILES string of the molecule is CC1(C)OB(c2cccc(Cl)n2)OC1(C)C.COC(=O)c1cc(C)c(-c2cccc(Cl)n2)s1.COC(=O)c1cc(C)c(Br)s1.Cc1ccc(OCc2ccc3c(c2)CCN(C)C3)c(-c2cccc(-c3sc(C(=O)O)cc3C)n2)c1. The van der Waals surface area contributed by atoms with Crippen LogP contribution in [0.25, 0.3) is 32.4 Å². The number of rotatable bonds is 10. The predicted octanol–water partition coefficient (Wildman–Crippen LogP) is 14.6. The highest BCUT2D eigenvalue weighted by molar-refractivity contribution is 9.11. The zero-order valence-electron chi connectivity index (χ0n) is 45.7. The molecule has 20 heteroatoms. The first-order valence-corrected chi connectivity index (χ1v) is 28.9. The number of methoxy groups -OCH3 is 2. The Balaban J connectivity index is 0.000000171. The lowest BCUT2D eigenvalue weighted by Gasteiger charge is -2.32. The summed E-state index contributed by atoms with van der Waals surface area (Å²) >= 11 is 19.0. The number of pyridine rings is 3. The Morgan fingerprint density at radius 2 is 1.24 bits per heavy atom. The third-order valence-corrected chi connectivity index (χ3v) is 18.1. The van der Waals surface area contributed by atoms with Crippen molar-refractivity contribution in [2.75, 3.05) is 27.8 Å². The highest BCUT2D eigenvalue weighted by Crippen LogP contribution is 2.38. The zero-order chi connectivity index (χ0) is 57.3. The minimum atomic E-state index is -0.913. The molecule has 79 heavy (non-hydrogen) atoms. The molecule has 2 aromatic carbocycles. The maximum absolute atomic E-state index is 11.4. The van der Waals surface area contributed by atoms with Crippen molar-refractivity contribution in [1.82, 2.24) is 19.9 Å². The van der Waals surface area contributed by atoms with Crippen LogP contribution in [-0.2, 0) is 38.4 Å². The Hall–Kier alpha value is -5.80. The number of aryl methyl sites for hydroxylation is 4. The lowest BCUT2D eigenvalue weighted by Crippen LogP contribution is -2.41. The molecule has 0 atom stereocenters. The van der Waals surface area contributed by atoms with Crippen molar-refractivity contribution < 1.29 is 43.0 Å². The van der Waals surface area contributed by atoms with Crippen LogP contribution in [0.5, 0.6) is 5.75 Å². The summed E-state index contributed by atoms with van der Waals surface area (Å²) in [6.07, 6.45) is 1.07. The fourth-order valence-corrected chi connectivity index (χ4v) is 12.0. The Bertz CT molecular complexity index is 3460. The van der Waals surface area contributed by atoms with Gasteiger partial charge in [-0.25, -0.2) is 29.3 Å². The van der Waals surface area contributed by atoms with Gasteiger partial charge in [0.05, 0.1) is 61.6 Å². The van der Waals surface area contributed by atoms with Crippen molar-refractivity contribution >= 4 is 104 Å². The van der Waals surface area contributed by atoms with E-state index >= 15 is 0 Å². The van der Waals surface area contributed by atoms with Crippen LogP contribution in [0.15, 0.2) is 113 Å². The van der Waals surface area contributed by atoms with E-state index in [9.17, 15) is 19.5 Å². The lowest BCUT2D eigenvalue weighted by atomic mass is 9.84. The van der Waals surface area contributed by atoms with Crippen molar-refractivity contribution in [3.63, 3.8) is 0 Å². The molecule has 2 aliphatic heterocycles. The van der Waals surface area contributed by atoms with Crippen molar-refractivity contribution in [2.45, 2.75) is 86.2 Å². The molecule has 8 aromatic rings. The van der Waals surface area contributed by atoms with Crippen LogP contribution in [0, 0.1) is 27.7 Å². The number of aromatic nitrogens is 3. The number of halogens is 3. The quantitative estimate of drug-likeness (QED) is 0.0784. The molecule has 6 aromatic heterocycles. The van der Waals surface area contributed by atoms with Gasteiger partial charge in [0.15, 0.2) is 0 Å². The topological polar surface area (TPSA) is 160 Å². The summed E-state index contributed by atoms with van der Waals surface area (Å²) in [6, 6.07) is 34.8. The molecular weight excluding hydrogens is 1170 g/mol. The average Bonchev–Trinajstić information content (AvgIpc) is 4.24. The van der Waals surface area contributed by atoms with Crippen LogP contribution in [0.1, 0.15) is 95.7 Å². The molecule has 412 valence electrons. The third-order valence-electron chi connectivity index (χ3n) is 13.1. The number of thiophene rings is 3. The number of hydrogen-bond donors (Lipinski definition) is 1. The molecule has 0 aliphatic carbocycles. The van der Waals surface area contributed by atoms with Gasteiger partial charge in [-0.3, -0.25) is 0 Å². The Morgan fingerprint density at radius 1 is 0.684 bits per heavy atom. The number of carboxylic acid groups (broad SMARTS) is 1. The monoisotopic (exact) mass is 1220 g/mol.